The van der Waals surface area contributed by atoms with Crippen LogP contribution < -0.4 is 5.30 Å². The van der Waals surface area contributed by atoms with E-state index in [-0.39, 0.29) is 0 Å². The first kappa shape index (κ1) is 17.5. The lowest BCUT2D eigenvalue weighted by atomic mass is 9.89. The summed E-state index contributed by atoms with van der Waals surface area (Å²) >= 11 is 8.38. The van der Waals surface area contributed by atoms with Crippen molar-refractivity contribution in [2.75, 3.05) is 0 Å². The van der Waals surface area contributed by atoms with Crippen molar-refractivity contribution in [3.05, 3.63) is 62.3 Å². The molecule has 1 aromatic carbocycles. The second-order valence-corrected chi connectivity index (χ2v) is 7.62. The van der Waals surface area contributed by atoms with E-state index in [2.05, 4.69) is 66.6 Å². The van der Waals surface area contributed by atoms with Gasteiger partial charge in [0.15, 0.2) is 0 Å². The third-order valence-electron chi connectivity index (χ3n) is 3.62. The molecule has 0 aliphatic rings. The van der Waals surface area contributed by atoms with Crippen molar-refractivity contribution in [3.8, 4) is 0 Å². The van der Waals surface area contributed by atoms with Gasteiger partial charge in [-0.2, -0.15) is 0 Å². The fourth-order valence-electron chi connectivity index (χ4n) is 2.64. The first-order valence-corrected chi connectivity index (χ1v) is 9.27. The molecular weight excluding hydrogens is 327 g/mol. The maximum absolute atomic E-state index is 6.59. The normalized spacial score (nSPS) is 11.6. The Morgan fingerprint density at radius 2 is 1.95 bits per heavy atom. The maximum atomic E-state index is 6.59. The van der Waals surface area contributed by atoms with Crippen molar-refractivity contribution in [1.82, 2.24) is 0 Å². The molecule has 1 aromatic heterocycles. The molecule has 0 saturated carbocycles. The quantitative estimate of drug-likeness (QED) is 0.437. The Labute approximate surface area is 145 Å². The number of rotatable bonds is 4. The number of aryl methyl sites for hydroxylation is 1. The van der Waals surface area contributed by atoms with Crippen LogP contribution in [-0.2, 0) is 0 Å². The summed E-state index contributed by atoms with van der Waals surface area (Å²) < 4.78 is 0. The lowest BCUT2D eigenvalue weighted by molar-refractivity contribution is 1.23. The first-order valence-electron chi connectivity index (χ1n) is 7.44. The van der Waals surface area contributed by atoms with E-state index in [1.807, 2.05) is 6.07 Å². The summed E-state index contributed by atoms with van der Waals surface area (Å²) in [7, 11) is 2.72. The fraction of sp³-hybridized carbons (Fsp3) is 0.263. The van der Waals surface area contributed by atoms with Crippen molar-refractivity contribution in [3.63, 3.8) is 0 Å². The summed E-state index contributed by atoms with van der Waals surface area (Å²) in [5.74, 6) is 0. The summed E-state index contributed by atoms with van der Waals surface area (Å²) in [6, 6.07) is 8.42. The smallest absolute Gasteiger partial charge is 0.0555 e. The highest BCUT2D eigenvalue weighted by Gasteiger charge is 2.17. The van der Waals surface area contributed by atoms with Gasteiger partial charge in [-0.1, -0.05) is 48.4 Å². The van der Waals surface area contributed by atoms with Crippen molar-refractivity contribution >= 4 is 48.6 Å². The number of hydrogen-bond acceptors (Lipinski definition) is 1. The van der Waals surface area contributed by atoms with E-state index < -0.39 is 0 Å². The lowest BCUT2D eigenvalue weighted by Crippen LogP contribution is -2.00. The Bertz CT molecular complexity index is 734. The molecule has 22 heavy (non-hydrogen) atoms. The van der Waals surface area contributed by atoms with Crippen molar-refractivity contribution < 1.29 is 0 Å². The van der Waals surface area contributed by atoms with E-state index in [0.29, 0.717) is 0 Å². The van der Waals surface area contributed by atoms with E-state index in [0.717, 1.165) is 22.3 Å². The molecule has 0 amide bonds. The molecule has 0 aliphatic heterocycles. The minimum atomic E-state index is 0.818. The largest absolute Gasteiger partial charge is 0.149 e. The highest BCUT2D eigenvalue weighted by Crippen LogP contribution is 2.39. The molecule has 0 nitrogen and oxygen atoms in total. The summed E-state index contributed by atoms with van der Waals surface area (Å²) in [6.07, 6.45) is 3.26. The van der Waals surface area contributed by atoms with Crippen LogP contribution in [0.4, 0.5) is 0 Å². The first-order chi connectivity index (χ1) is 10.5. The molecule has 0 spiro atoms. The third-order valence-corrected chi connectivity index (χ3v) is 5.56. The molecule has 0 fully saturated rings. The Morgan fingerprint density at radius 3 is 2.50 bits per heavy atom. The van der Waals surface area contributed by atoms with Crippen LogP contribution in [0.1, 0.15) is 43.2 Å². The number of allylic oxidation sites excluding steroid dienone is 4. The molecule has 0 bridgehead atoms. The Kier molecular flexibility index (Phi) is 6.03. The van der Waals surface area contributed by atoms with Gasteiger partial charge in [-0.15, -0.1) is 20.6 Å². The number of benzene rings is 1. The topological polar surface area (TPSA) is 0 Å². The molecule has 3 heteroatoms. The van der Waals surface area contributed by atoms with E-state index in [1.165, 1.54) is 27.2 Å². The molecule has 0 radical (unpaired) electrons. The van der Waals surface area contributed by atoms with Gasteiger partial charge in [0.2, 0.25) is 0 Å². The van der Waals surface area contributed by atoms with Crippen molar-refractivity contribution in [2.24, 2.45) is 0 Å². The summed E-state index contributed by atoms with van der Waals surface area (Å²) in [5, 5.41) is 4.01. The average molecular weight is 349 g/mol. The van der Waals surface area contributed by atoms with Crippen molar-refractivity contribution in [1.29, 1.82) is 0 Å². The van der Waals surface area contributed by atoms with Crippen LogP contribution in [0.3, 0.4) is 0 Å². The average Bonchev–Trinajstić information content (AvgIpc) is 2.87. The second kappa shape index (κ2) is 7.59. The zero-order valence-electron chi connectivity index (χ0n) is 13.5. The van der Waals surface area contributed by atoms with E-state index in [4.69, 9.17) is 11.6 Å². The van der Waals surface area contributed by atoms with Crippen molar-refractivity contribution in [2.45, 2.75) is 34.1 Å². The van der Waals surface area contributed by atoms with Crippen LogP contribution in [0.5, 0.6) is 0 Å². The molecule has 0 N–H and O–H groups in total. The van der Waals surface area contributed by atoms with E-state index in [9.17, 15) is 0 Å². The SMILES string of the molecule is CC/C=C(/C(=C(C)C)c1ccsc1C)c1cccc(P)c1Cl. The molecule has 1 atom stereocenters. The van der Waals surface area contributed by atoms with Crippen LogP contribution in [0.2, 0.25) is 5.02 Å². The minimum absolute atomic E-state index is 0.818. The lowest BCUT2D eigenvalue weighted by Gasteiger charge is -2.17. The van der Waals surface area contributed by atoms with Crippen LogP contribution in [0.15, 0.2) is 41.3 Å². The van der Waals surface area contributed by atoms with Crippen LogP contribution in [-0.4, -0.2) is 0 Å². The van der Waals surface area contributed by atoms with Crippen LogP contribution in [0, 0.1) is 6.92 Å². The molecule has 0 aliphatic carbocycles. The Morgan fingerprint density at radius 1 is 1.23 bits per heavy atom. The summed E-state index contributed by atoms with van der Waals surface area (Å²) in [5.41, 5.74) is 6.27. The monoisotopic (exact) mass is 348 g/mol. The maximum Gasteiger partial charge on any atom is 0.0555 e. The van der Waals surface area contributed by atoms with Gasteiger partial charge in [-0.25, -0.2) is 0 Å². The van der Waals surface area contributed by atoms with Gasteiger partial charge in [0.05, 0.1) is 5.02 Å². The Hall–Kier alpha value is -0.880. The zero-order valence-corrected chi connectivity index (χ0v) is 16.3. The number of hydrogen-bond donors (Lipinski definition) is 0. The summed E-state index contributed by atoms with van der Waals surface area (Å²) in [4.78, 5) is 1.34. The van der Waals surface area contributed by atoms with Gasteiger partial charge in [-0.05, 0) is 60.7 Å². The van der Waals surface area contributed by atoms with Gasteiger partial charge in [-0.3, -0.25) is 0 Å². The van der Waals surface area contributed by atoms with Gasteiger partial charge in [0.1, 0.15) is 0 Å². The molecule has 2 rings (SSSR count). The van der Waals surface area contributed by atoms with Gasteiger partial charge in [0.25, 0.3) is 0 Å². The minimum Gasteiger partial charge on any atom is -0.149 e. The van der Waals surface area contributed by atoms with Gasteiger partial charge < -0.3 is 0 Å². The highest BCUT2D eigenvalue weighted by atomic mass is 35.5. The second-order valence-electron chi connectivity index (χ2n) is 5.50. The predicted octanol–water partition coefficient (Wildman–Crippen LogP) is 6.50. The third kappa shape index (κ3) is 3.54. The van der Waals surface area contributed by atoms with Crippen LogP contribution >= 0.6 is 32.2 Å². The standard InChI is InChI=1S/C19H22ClPS/c1-5-7-15(16-8-6-9-17(21)19(16)20)18(12(2)3)14-10-11-22-13(14)4/h6-11H,5,21H2,1-4H3/b15-7+. The zero-order chi connectivity index (χ0) is 16.3. The van der Waals surface area contributed by atoms with E-state index >= 15 is 0 Å². The molecule has 1 heterocycles. The molecule has 2 aromatic rings. The molecule has 116 valence electrons. The molecular formula is C19H22ClPS. The Balaban J connectivity index is 2.71. The van der Waals surface area contributed by atoms with Crippen LogP contribution in [0.25, 0.3) is 11.1 Å². The number of halogens is 1. The van der Waals surface area contributed by atoms with Gasteiger partial charge >= 0.3 is 0 Å². The number of thiophene rings is 1. The highest BCUT2D eigenvalue weighted by molar-refractivity contribution is 7.28. The molecule has 0 saturated heterocycles. The fourth-order valence-corrected chi connectivity index (χ4v) is 3.84. The summed E-state index contributed by atoms with van der Waals surface area (Å²) in [6.45, 7) is 8.70. The molecule has 1 unspecified atom stereocenters. The predicted molar refractivity (Wildman–Crippen MR) is 106 cm³/mol. The van der Waals surface area contributed by atoms with Gasteiger partial charge in [0, 0.05) is 10.4 Å². The van der Waals surface area contributed by atoms with E-state index in [1.54, 1.807) is 11.3 Å².